The van der Waals surface area contributed by atoms with E-state index < -0.39 is 47.8 Å². The molecule has 1 N–H and O–H groups in total. The van der Waals surface area contributed by atoms with Gasteiger partial charge in [0.05, 0.1) is 18.8 Å². The molecule has 0 spiro atoms. The minimum absolute atomic E-state index is 0.0279. The number of nitrogens with one attached hydrogen (secondary N) is 1. The highest BCUT2D eigenvalue weighted by molar-refractivity contribution is 6.48. The van der Waals surface area contributed by atoms with Crippen LogP contribution in [0.4, 0.5) is 4.79 Å². The summed E-state index contributed by atoms with van der Waals surface area (Å²) in [6, 6.07) is 13.6. The number of Topliss-reactive ketones (excluding diaryl/α,β-unsaturated/α-hetero) is 1. The fourth-order valence-electron chi connectivity index (χ4n) is 7.93. The minimum atomic E-state index is -0.954. The molecule has 2 aromatic rings. The van der Waals surface area contributed by atoms with Gasteiger partial charge in [0.15, 0.2) is 5.78 Å². The molecule has 1 aliphatic heterocycles. The van der Waals surface area contributed by atoms with Crippen molar-refractivity contribution in [2.24, 2.45) is 17.3 Å². The lowest BCUT2D eigenvalue weighted by Gasteiger charge is -2.64. The number of alkyl carbamates (subject to hydrolysis) is 1. The zero-order valence-electron chi connectivity index (χ0n) is 30.2. The van der Waals surface area contributed by atoms with Gasteiger partial charge in [-0.2, -0.15) is 0 Å². The molecule has 6 atom stereocenters. The lowest BCUT2D eigenvalue weighted by Crippen LogP contribution is -2.65. The molecule has 0 radical (unpaired) electrons. The predicted octanol–water partition coefficient (Wildman–Crippen LogP) is 7.52. The van der Waals surface area contributed by atoms with Crippen molar-refractivity contribution in [1.29, 1.82) is 0 Å². The Bertz CT molecular complexity index is 1510. The van der Waals surface area contributed by atoms with E-state index in [0.29, 0.717) is 35.1 Å². The van der Waals surface area contributed by atoms with E-state index in [1.807, 2.05) is 57.2 Å². The van der Waals surface area contributed by atoms with Crippen LogP contribution in [0.1, 0.15) is 109 Å². The van der Waals surface area contributed by atoms with Crippen molar-refractivity contribution in [3.8, 4) is 5.75 Å². The molecule has 2 aromatic carbocycles. The molecule has 48 heavy (non-hydrogen) atoms. The first kappa shape index (κ1) is 35.9. The zero-order valence-corrected chi connectivity index (χ0v) is 30.2. The molecule has 9 nitrogen and oxygen atoms in total. The summed E-state index contributed by atoms with van der Waals surface area (Å²) in [6.07, 6.45) is 1.59. The van der Waals surface area contributed by atoms with Gasteiger partial charge in [0.25, 0.3) is 0 Å². The summed E-state index contributed by atoms with van der Waals surface area (Å²) >= 11 is 0. The van der Waals surface area contributed by atoms with Gasteiger partial charge in [-0.1, -0.05) is 56.3 Å². The third-order valence-corrected chi connectivity index (χ3v) is 10.3. The molecular weight excluding hydrogens is 609 g/mol. The molecule has 2 bridgehead atoms. The van der Waals surface area contributed by atoms with Crippen LogP contribution in [0.15, 0.2) is 48.5 Å². The lowest BCUT2D eigenvalue weighted by atomic mass is 9.43. The van der Waals surface area contributed by atoms with Crippen LogP contribution in [0.25, 0.3) is 0 Å². The van der Waals surface area contributed by atoms with Gasteiger partial charge in [-0.3, -0.25) is 4.79 Å². The fourth-order valence-corrected chi connectivity index (χ4v) is 7.93. The highest BCUT2D eigenvalue weighted by Crippen LogP contribution is 2.66. The maximum atomic E-state index is 14.4. The number of carbonyl (C=O) groups excluding carboxylic acids is 3. The average Bonchev–Trinajstić information content (AvgIpc) is 3.35. The molecular formula is C38H52BNO8. The Morgan fingerprint density at radius 2 is 1.60 bits per heavy atom. The van der Waals surface area contributed by atoms with Crippen LogP contribution < -0.4 is 10.1 Å². The molecule has 1 heterocycles. The number of benzene rings is 2. The van der Waals surface area contributed by atoms with E-state index in [0.717, 1.165) is 18.4 Å². The predicted molar refractivity (Wildman–Crippen MR) is 184 cm³/mol. The summed E-state index contributed by atoms with van der Waals surface area (Å²) in [5.74, 6) is 0.125. The number of rotatable bonds is 10. The topological polar surface area (TPSA) is 109 Å². The molecule has 1 unspecified atom stereocenters. The van der Waals surface area contributed by atoms with Crippen LogP contribution in [-0.2, 0) is 30.0 Å². The van der Waals surface area contributed by atoms with Crippen LogP contribution in [0.3, 0.4) is 0 Å². The second kappa shape index (κ2) is 13.2. The number of ether oxygens (including phenoxy) is 3. The molecule has 260 valence electrons. The average molecular weight is 662 g/mol. The Kier molecular flexibility index (Phi) is 9.85. The Balaban J connectivity index is 1.48. The number of amides is 1. The maximum Gasteiger partial charge on any atom is 0.461 e. The molecule has 0 aromatic heterocycles. The van der Waals surface area contributed by atoms with E-state index in [9.17, 15) is 14.4 Å². The maximum absolute atomic E-state index is 14.4. The van der Waals surface area contributed by atoms with Crippen LogP contribution in [0.2, 0.25) is 5.82 Å². The van der Waals surface area contributed by atoms with Crippen molar-refractivity contribution in [3.63, 3.8) is 0 Å². The Labute approximate surface area is 285 Å². The first-order chi connectivity index (χ1) is 22.3. The van der Waals surface area contributed by atoms with Crippen LogP contribution in [0, 0.1) is 17.3 Å². The zero-order chi connectivity index (χ0) is 35.2. The second-order valence-corrected chi connectivity index (χ2v) is 16.5. The van der Waals surface area contributed by atoms with E-state index in [1.54, 1.807) is 32.9 Å². The number of hydrogen-bond acceptors (Lipinski definition) is 8. The molecule has 3 saturated carbocycles. The van der Waals surface area contributed by atoms with E-state index in [1.165, 1.54) is 7.11 Å². The monoisotopic (exact) mass is 661 g/mol. The summed E-state index contributed by atoms with van der Waals surface area (Å²) in [7, 11) is 0.836. The van der Waals surface area contributed by atoms with Crippen molar-refractivity contribution in [2.45, 2.75) is 123 Å². The van der Waals surface area contributed by atoms with Gasteiger partial charge < -0.3 is 28.8 Å². The number of methoxy groups -OCH3 is 1. The molecule has 6 rings (SSSR count). The first-order valence-electron chi connectivity index (χ1n) is 17.1. The van der Waals surface area contributed by atoms with Gasteiger partial charge in [-0.05, 0) is 102 Å². The number of hydrogen-bond donors (Lipinski definition) is 1. The smallest absolute Gasteiger partial charge is 0.461 e. The summed E-state index contributed by atoms with van der Waals surface area (Å²) in [5, 5.41) is 2.82. The molecule has 4 aliphatic rings. The third-order valence-electron chi connectivity index (χ3n) is 10.3. The number of esters is 1. The lowest BCUT2D eigenvalue weighted by molar-refractivity contribution is -0.199. The largest absolute Gasteiger partial charge is 0.496 e. The quantitative estimate of drug-likeness (QED) is 0.206. The molecule has 4 fully saturated rings. The summed E-state index contributed by atoms with van der Waals surface area (Å²) in [4.78, 5) is 40.6. The minimum Gasteiger partial charge on any atom is -0.496 e. The van der Waals surface area contributed by atoms with E-state index in [2.05, 4.69) is 26.1 Å². The van der Waals surface area contributed by atoms with Gasteiger partial charge in [0.1, 0.15) is 28.6 Å². The highest BCUT2D eigenvalue weighted by Gasteiger charge is 2.68. The van der Waals surface area contributed by atoms with Crippen molar-refractivity contribution in [1.82, 2.24) is 5.32 Å². The van der Waals surface area contributed by atoms with Gasteiger partial charge >= 0.3 is 19.2 Å². The molecule has 3 aliphatic carbocycles. The van der Waals surface area contributed by atoms with Crippen LogP contribution >= 0.6 is 0 Å². The normalized spacial score (nSPS) is 25.6. The second-order valence-electron chi connectivity index (χ2n) is 16.5. The van der Waals surface area contributed by atoms with Crippen LogP contribution in [0.5, 0.6) is 5.75 Å². The molecule has 1 amide bonds. The van der Waals surface area contributed by atoms with Crippen molar-refractivity contribution in [2.75, 3.05) is 7.11 Å². The van der Waals surface area contributed by atoms with E-state index in [4.69, 9.17) is 23.5 Å². The Morgan fingerprint density at radius 1 is 0.938 bits per heavy atom. The van der Waals surface area contributed by atoms with Crippen molar-refractivity contribution < 1.29 is 37.9 Å². The van der Waals surface area contributed by atoms with Gasteiger partial charge in [0, 0.05) is 12.2 Å². The summed E-state index contributed by atoms with van der Waals surface area (Å²) in [5.41, 5.74) is -0.0827. The Morgan fingerprint density at radius 3 is 2.21 bits per heavy atom. The number of carbonyl (C=O) groups is 3. The fraction of sp³-hybridized carbons (Fsp3) is 0.605. The molecule has 10 heteroatoms. The number of ketones is 1. The highest BCUT2D eigenvalue weighted by atomic mass is 16.7. The Hall–Kier alpha value is -3.37. The van der Waals surface area contributed by atoms with E-state index >= 15 is 0 Å². The summed E-state index contributed by atoms with van der Waals surface area (Å²) in [6.45, 7) is 17.6. The van der Waals surface area contributed by atoms with E-state index in [-0.39, 0.29) is 23.7 Å². The first-order valence-corrected chi connectivity index (χ1v) is 17.1. The van der Waals surface area contributed by atoms with Crippen LogP contribution in [-0.4, -0.2) is 55.0 Å². The van der Waals surface area contributed by atoms with Crippen molar-refractivity contribution in [3.05, 3.63) is 65.2 Å². The summed E-state index contributed by atoms with van der Waals surface area (Å²) < 4.78 is 30.7. The third kappa shape index (κ3) is 7.44. The SMILES string of the molecule is COc1c(C[C@H](CC(=O)[C@@H](NC(=O)OC(C)(C)C)c2ccccc2)B2OC3C[C@@H]4C[C@@H](C4(C)C)[C@]3(C)O2)cccc1C(=O)OC(C)(C)C. The van der Waals surface area contributed by atoms with Gasteiger partial charge in [-0.15, -0.1) is 0 Å². The number of para-hydroxylation sites is 1. The van der Waals surface area contributed by atoms with Gasteiger partial charge in [-0.25, -0.2) is 9.59 Å². The standard InChI is InChI=1S/C38H52BNO8/c1-35(2,3)45-33(42)27-18-14-17-24(32(27)44-10)19-26(39-47-30-21-25-20-29(37(25,7)8)38(30,9)48-39)22-28(41)31(23-15-12-11-13-16-23)40-34(43)46-36(4,5)6/h11-18,25-26,29-31H,19-22H2,1-10H3,(H,40,43)/t25-,26+,29-,30?,31-,38-/m0/s1. The molecule has 1 saturated heterocycles. The van der Waals surface area contributed by atoms with Gasteiger partial charge in [0.2, 0.25) is 0 Å². The van der Waals surface area contributed by atoms with Crippen molar-refractivity contribution >= 4 is 25.0 Å².